The predicted molar refractivity (Wildman–Crippen MR) is 49.8 cm³/mol. The second kappa shape index (κ2) is 10.2. The first-order valence-electron chi connectivity index (χ1n) is 2.55. The largest absolute Gasteiger partial charge is 0.521 e. The fraction of sp³-hybridized carbons (Fsp3) is 0.750. The van der Waals surface area contributed by atoms with Crippen LogP contribution in [0.2, 0.25) is 0 Å². The Labute approximate surface area is 79.6 Å². The zero-order valence-corrected chi connectivity index (χ0v) is 8.39. The number of hydrogen-bond acceptors (Lipinski definition) is 6. The van der Waals surface area contributed by atoms with Crippen molar-refractivity contribution in [3.05, 3.63) is 0 Å². The van der Waals surface area contributed by atoms with Crippen molar-refractivity contribution < 1.29 is 13.7 Å². The Balaban J connectivity index is 0. The van der Waals surface area contributed by atoms with Crippen molar-refractivity contribution in [1.82, 2.24) is 0 Å². The quantitative estimate of drug-likeness (QED) is 0.334. The minimum absolute atomic E-state index is 0. The van der Waals surface area contributed by atoms with Gasteiger partial charge in [-0.3, -0.25) is 0 Å². The summed E-state index contributed by atoms with van der Waals surface area (Å²) in [6, 6.07) is 0. The zero-order chi connectivity index (χ0) is 7.82. The number of hydrogen-bond donors (Lipinski definition) is 1. The third-order valence-corrected chi connectivity index (χ3v) is 2.21. The minimum atomic E-state index is -0.686. The van der Waals surface area contributed by atoms with Crippen LogP contribution in [0.25, 0.3) is 0 Å². The van der Waals surface area contributed by atoms with E-state index in [4.69, 9.17) is 5.73 Å². The highest BCUT2D eigenvalue weighted by Crippen LogP contribution is 2.21. The highest BCUT2D eigenvalue weighted by atomic mass is 35.5. The molecule has 0 saturated heterocycles. The molecule has 0 atom stereocenters. The highest BCUT2D eigenvalue weighted by molar-refractivity contribution is 8.75. The van der Waals surface area contributed by atoms with Crippen LogP contribution in [0.15, 0.2) is 0 Å². The Kier molecular flexibility index (Phi) is 12.8. The minimum Gasteiger partial charge on any atom is -0.437 e. The molecular weight excluding hydrogens is 210 g/mol. The Morgan fingerprint density at radius 1 is 1.64 bits per heavy atom. The first-order valence-corrected chi connectivity index (χ1v) is 4.79. The Morgan fingerprint density at radius 2 is 2.27 bits per heavy atom. The van der Waals surface area contributed by atoms with Crippen molar-refractivity contribution in [1.29, 1.82) is 0 Å². The van der Waals surface area contributed by atoms with Crippen molar-refractivity contribution >= 4 is 40.4 Å². The third kappa shape index (κ3) is 10.2. The lowest BCUT2D eigenvalue weighted by molar-refractivity contribution is 0.130. The Hall–Kier alpha value is 0.220. The molecule has 0 aromatic heterocycles. The van der Waals surface area contributed by atoms with Gasteiger partial charge in [-0.05, 0) is 10.8 Å². The monoisotopic (exact) mass is 219 g/mol. The second-order valence-corrected chi connectivity index (χ2v) is 3.28. The van der Waals surface area contributed by atoms with Gasteiger partial charge in [0.15, 0.2) is 0 Å². The first kappa shape index (κ1) is 13.8. The average molecular weight is 220 g/mol. The van der Waals surface area contributed by atoms with Crippen LogP contribution in [0, 0.1) is 0 Å². The fourth-order valence-corrected chi connectivity index (χ4v) is 1.31. The second-order valence-electron chi connectivity index (χ2n) is 1.22. The predicted octanol–water partition coefficient (Wildman–Crippen LogP) is 1.45. The molecule has 0 aliphatic carbocycles. The van der Waals surface area contributed by atoms with Crippen molar-refractivity contribution in [2.24, 2.45) is 5.73 Å². The molecule has 0 aromatic carbocycles. The van der Waals surface area contributed by atoms with E-state index in [0.717, 1.165) is 16.8 Å². The summed E-state index contributed by atoms with van der Waals surface area (Å²) in [6.07, 6.45) is -0.686. The zero-order valence-electron chi connectivity index (χ0n) is 5.94. The SMILES string of the molecule is COC(=O)OSSCCN.Cl. The number of carbonyl (C=O) groups is 1. The van der Waals surface area contributed by atoms with E-state index >= 15 is 0 Å². The molecule has 0 fully saturated rings. The van der Waals surface area contributed by atoms with Crippen LogP contribution >= 0.6 is 34.3 Å². The van der Waals surface area contributed by atoms with Crippen LogP contribution in [0.5, 0.6) is 0 Å². The van der Waals surface area contributed by atoms with Gasteiger partial charge in [-0.15, -0.1) is 12.4 Å². The van der Waals surface area contributed by atoms with Crippen LogP contribution in [0.1, 0.15) is 0 Å². The molecule has 0 aromatic rings. The third-order valence-electron chi connectivity index (χ3n) is 0.518. The van der Waals surface area contributed by atoms with Gasteiger partial charge in [0.25, 0.3) is 0 Å². The van der Waals surface area contributed by atoms with Gasteiger partial charge in [0, 0.05) is 12.3 Å². The van der Waals surface area contributed by atoms with Crippen molar-refractivity contribution in [3.8, 4) is 0 Å². The van der Waals surface area contributed by atoms with Crippen LogP contribution < -0.4 is 5.73 Å². The standard InChI is InChI=1S/C4H9NO3S2.ClH/c1-7-4(6)8-10-9-3-2-5;/h2-3,5H2,1H3;1H. The maximum atomic E-state index is 10.3. The number of carbonyl (C=O) groups excluding carboxylic acids is 1. The van der Waals surface area contributed by atoms with Crippen LogP contribution in [-0.4, -0.2) is 25.6 Å². The number of ether oxygens (including phenoxy) is 1. The Morgan fingerprint density at radius 3 is 2.73 bits per heavy atom. The van der Waals surface area contributed by atoms with E-state index in [1.807, 2.05) is 0 Å². The summed E-state index contributed by atoms with van der Waals surface area (Å²) >= 11 is 0.973. The number of methoxy groups -OCH3 is 1. The normalized spacial score (nSPS) is 8.18. The van der Waals surface area contributed by atoms with Gasteiger partial charge in [-0.1, -0.05) is 0 Å². The molecule has 0 aliphatic heterocycles. The molecular formula is C4H10ClNO3S2. The lowest BCUT2D eigenvalue weighted by Crippen LogP contribution is -2.01. The van der Waals surface area contributed by atoms with E-state index in [-0.39, 0.29) is 12.4 Å². The van der Waals surface area contributed by atoms with Crippen LogP contribution in [0.3, 0.4) is 0 Å². The van der Waals surface area contributed by atoms with Crippen LogP contribution in [0.4, 0.5) is 4.79 Å². The Bertz CT molecular complexity index is 105. The molecule has 0 heterocycles. The molecule has 0 rings (SSSR count). The summed E-state index contributed by atoms with van der Waals surface area (Å²) in [5.74, 6) is 0.752. The summed E-state index contributed by atoms with van der Waals surface area (Å²) < 4.78 is 8.66. The van der Waals surface area contributed by atoms with Crippen molar-refractivity contribution in [2.75, 3.05) is 19.4 Å². The van der Waals surface area contributed by atoms with Crippen molar-refractivity contribution in [2.45, 2.75) is 0 Å². The summed E-state index contributed by atoms with van der Waals surface area (Å²) in [6.45, 7) is 0.572. The molecule has 0 amide bonds. The summed E-state index contributed by atoms with van der Waals surface area (Å²) in [5.41, 5.74) is 5.17. The van der Waals surface area contributed by atoms with E-state index in [1.165, 1.54) is 17.9 Å². The highest BCUT2D eigenvalue weighted by Gasteiger charge is 1.99. The topological polar surface area (TPSA) is 61.5 Å². The van der Waals surface area contributed by atoms with E-state index in [2.05, 4.69) is 8.92 Å². The van der Waals surface area contributed by atoms with E-state index in [9.17, 15) is 4.79 Å². The van der Waals surface area contributed by atoms with Gasteiger partial charge in [-0.25, -0.2) is 4.79 Å². The van der Waals surface area contributed by atoms with Gasteiger partial charge in [0.1, 0.15) is 11.1 Å². The summed E-state index contributed by atoms with van der Waals surface area (Å²) in [5, 5.41) is 0. The van der Waals surface area contributed by atoms with E-state index < -0.39 is 6.16 Å². The van der Waals surface area contributed by atoms with Gasteiger partial charge >= 0.3 is 6.16 Å². The number of halogens is 1. The lowest BCUT2D eigenvalue weighted by Gasteiger charge is -1.97. The maximum absolute atomic E-state index is 10.3. The molecule has 0 aliphatic rings. The molecule has 0 spiro atoms. The smallest absolute Gasteiger partial charge is 0.437 e. The van der Waals surface area contributed by atoms with Gasteiger partial charge in [0.2, 0.25) is 0 Å². The van der Waals surface area contributed by atoms with Crippen molar-refractivity contribution in [3.63, 3.8) is 0 Å². The van der Waals surface area contributed by atoms with E-state index in [0.29, 0.717) is 6.54 Å². The van der Waals surface area contributed by atoms with E-state index in [1.54, 1.807) is 0 Å². The summed E-state index contributed by atoms with van der Waals surface area (Å²) in [4.78, 5) is 10.3. The first-order chi connectivity index (χ1) is 4.81. The summed E-state index contributed by atoms with van der Waals surface area (Å²) in [7, 11) is 2.63. The van der Waals surface area contributed by atoms with Gasteiger partial charge in [0.05, 0.1) is 7.11 Å². The molecule has 0 bridgehead atoms. The fourth-order valence-electron chi connectivity index (χ4n) is 0.168. The van der Waals surface area contributed by atoms with Crippen LogP contribution in [-0.2, 0) is 8.92 Å². The molecule has 0 unspecified atom stereocenters. The molecule has 68 valence electrons. The van der Waals surface area contributed by atoms with Gasteiger partial charge < -0.3 is 14.7 Å². The number of nitrogens with two attached hydrogens (primary N) is 1. The molecule has 4 nitrogen and oxygen atoms in total. The number of rotatable bonds is 4. The molecule has 0 radical (unpaired) electrons. The molecule has 0 saturated carbocycles. The molecule has 11 heavy (non-hydrogen) atoms. The van der Waals surface area contributed by atoms with Gasteiger partial charge in [-0.2, -0.15) is 0 Å². The average Bonchev–Trinajstić information content (AvgIpc) is 1.98. The molecule has 2 N–H and O–H groups in total. The maximum Gasteiger partial charge on any atom is 0.521 e. The molecule has 7 heteroatoms. The lowest BCUT2D eigenvalue weighted by atomic mass is 10.8.